The number of carbonyl (C=O) groups is 1. The molecule has 87 heavy (non-hydrogen) atoms. The molecule has 3 saturated heterocycles. The summed E-state index contributed by atoms with van der Waals surface area (Å²) in [6, 6.07) is 17.8. The highest BCUT2D eigenvalue weighted by Gasteiger charge is 2.56. The van der Waals surface area contributed by atoms with Crippen molar-refractivity contribution in [2.24, 2.45) is 23.2 Å². The van der Waals surface area contributed by atoms with Gasteiger partial charge in [0.2, 0.25) is 0 Å². The van der Waals surface area contributed by atoms with Crippen LogP contribution in [0.1, 0.15) is 185 Å². The summed E-state index contributed by atoms with van der Waals surface area (Å²) >= 11 is 0. The van der Waals surface area contributed by atoms with Gasteiger partial charge >= 0.3 is 5.97 Å². The van der Waals surface area contributed by atoms with E-state index in [4.69, 9.17) is 28.4 Å². The number of ether oxygens (including phenoxy) is 6. The Balaban J connectivity index is 0.0000121. The van der Waals surface area contributed by atoms with Crippen molar-refractivity contribution >= 4 is 24.2 Å². The number of likely N-dealkylation sites (N-methyl/N-ethyl adjacent to an activating group) is 1. The number of methoxy groups -OCH3 is 1. The van der Waals surface area contributed by atoms with Gasteiger partial charge in [0.15, 0.2) is 12.6 Å². The Labute approximate surface area is 543 Å². The number of cyclic esters (lactones) is 1. The summed E-state index contributed by atoms with van der Waals surface area (Å²) in [5, 5.41) is 62.4. The summed E-state index contributed by atoms with van der Waals surface area (Å²) in [5.74, 6) is -2.54. The van der Waals surface area contributed by atoms with Crippen LogP contribution in [-0.4, -0.2) is 198 Å². The molecule has 7 rings (SSSR count). The van der Waals surface area contributed by atoms with Gasteiger partial charge in [0, 0.05) is 69.0 Å². The second-order valence-electron chi connectivity index (χ2n) is 28.7. The highest BCUT2D eigenvalue weighted by molar-refractivity contribution is 7.84. The first-order valence-corrected chi connectivity index (χ1v) is 35.8. The van der Waals surface area contributed by atoms with E-state index < -0.39 is 110 Å². The number of hydrogen-bond donors (Lipinski definition) is 5. The van der Waals surface area contributed by atoms with E-state index in [0.29, 0.717) is 25.9 Å². The van der Waals surface area contributed by atoms with Crippen molar-refractivity contribution in [2.45, 2.75) is 281 Å². The fraction of sp³-hybridized carbons (Fsp3) is 0.814. The van der Waals surface area contributed by atoms with Crippen molar-refractivity contribution in [3.63, 3.8) is 0 Å². The smallest absolute Gasteiger partial charge is 0.311 e. The minimum Gasteiger partial charge on any atom is -1.00 e. The summed E-state index contributed by atoms with van der Waals surface area (Å²) in [6.07, 6.45) is 10.9. The lowest BCUT2D eigenvalue weighted by Gasteiger charge is -2.48. The van der Waals surface area contributed by atoms with Crippen LogP contribution in [0.5, 0.6) is 0 Å². The van der Waals surface area contributed by atoms with Crippen molar-refractivity contribution in [1.82, 2.24) is 9.80 Å². The van der Waals surface area contributed by atoms with Gasteiger partial charge in [0.25, 0.3) is 0 Å². The van der Waals surface area contributed by atoms with Crippen LogP contribution in [0.25, 0.3) is 11.1 Å². The quantitative estimate of drug-likeness (QED) is 0.0374. The van der Waals surface area contributed by atoms with Crippen molar-refractivity contribution in [3.05, 3.63) is 48.5 Å². The van der Waals surface area contributed by atoms with Gasteiger partial charge in [-0.05, 0) is 170 Å². The molecular formula is C70H119IN3O12P. The zero-order chi connectivity index (χ0) is 62.9. The van der Waals surface area contributed by atoms with Crippen molar-refractivity contribution in [1.29, 1.82) is 0 Å². The average molecular weight is 1350 g/mol. The number of aliphatic hydroxyl groups excluding tert-OH is 4. The fourth-order valence-electron chi connectivity index (χ4n) is 16.7. The highest BCUT2D eigenvalue weighted by atomic mass is 127. The first kappa shape index (κ1) is 74.4. The van der Waals surface area contributed by atoms with Crippen molar-refractivity contribution in [3.8, 4) is 11.1 Å². The van der Waals surface area contributed by atoms with E-state index >= 15 is 4.79 Å². The lowest BCUT2D eigenvalue weighted by molar-refractivity contribution is -0.318. The van der Waals surface area contributed by atoms with Crippen LogP contribution in [0.3, 0.4) is 0 Å². The minimum atomic E-state index is -1.71. The molecule has 2 aliphatic carbocycles. The summed E-state index contributed by atoms with van der Waals surface area (Å²) in [4.78, 5) is 21.6. The molecule has 18 atom stereocenters. The Morgan fingerprint density at radius 1 is 0.759 bits per heavy atom. The molecule has 5 N–H and O–H groups in total. The standard InChI is InChI=1S/C70H119N3O12P.HI/c1-16-59-68(8,45-74)63(76)50(6)73(39-29-17-18-30-40-86(52-31-21-19-22-32-52,53-33-23-20-24-34-53)58-38-28-26-36-55(58)54-35-25-27-37-56(54)71(11)12)44-46(2)42-69(9,79)65(85-67-61(75)57(72(13)14)41-47(3)81-67)48(4)62(49(5)66(78)83-59)84-60-43-70(10,80-15)64(77)51(7)82-60;/h25-28,35-38,46-53,57,59-65,67,74-77,79H,16-24,29-34,39-45H2,1-15H3;1H/q+1;/p-1/t46-,47-,48+,49-,50-,51+,57+,59-,60+,61-,62+,63-,64+,65-,67+,68-,69-,70-;/m1./s1. The zero-order valence-corrected chi connectivity index (χ0v) is 59.3. The van der Waals surface area contributed by atoms with Crippen molar-refractivity contribution in [2.75, 3.05) is 66.1 Å². The predicted octanol–water partition coefficient (Wildman–Crippen LogP) is 7.82. The first-order chi connectivity index (χ1) is 40.8. The third-order valence-electron chi connectivity index (χ3n) is 21.7. The molecule has 0 aromatic heterocycles. The molecule has 3 heterocycles. The fourth-order valence-corrected chi connectivity index (χ4v) is 23.4. The van der Waals surface area contributed by atoms with Gasteiger partial charge in [0.05, 0.1) is 84.4 Å². The maximum atomic E-state index is 15.0. The monoisotopic (exact) mass is 1350 g/mol. The molecule has 0 unspecified atom stereocenters. The molecule has 2 aromatic carbocycles. The molecule has 5 fully saturated rings. The second kappa shape index (κ2) is 33.0. The van der Waals surface area contributed by atoms with Crippen molar-refractivity contribution < 1.29 is 82.7 Å². The number of esters is 1. The molecule has 2 saturated carbocycles. The second-order valence-corrected chi connectivity index (χ2v) is 33.0. The summed E-state index contributed by atoms with van der Waals surface area (Å²) in [5.41, 5.74) is 1.64. The Kier molecular flexibility index (Phi) is 28.2. The Bertz CT molecular complexity index is 2380. The molecule has 3 aliphatic heterocycles. The lowest BCUT2D eigenvalue weighted by atomic mass is 9.75. The lowest BCUT2D eigenvalue weighted by Crippen LogP contribution is -3.00. The number of unbranched alkanes of at least 4 members (excludes halogenated alkanes) is 3. The molecule has 17 heteroatoms. The molecule has 0 spiro atoms. The molecule has 498 valence electrons. The average Bonchev–Trinajstić information content (AvgIpc) is 0.940. The Morgan fingerprint density at radius 3 is 1.94 bits per heavy atom. The van der Waals surface area contributed by atoms with E-state index in [1.54, 1.807) is 40.1 Å². The number of anilines is 1. The molecule has 0 bridgehead atoms. The predicted molar refractivity (Wildman–Crippen MR) is 348 cm³/mol. The summed E-state index contributed by atoms with van der Waals surface area (Å²) < 4.78 is 39.1. The molecular weight excluding hydrogens is 1230 g/mol. The van der Waals surface area contributed by atoms with E-state index in [-0.39, 0.29) is 54.9 Å². The number of rotatable bonds is 20. The molecule has 5 aliphatic rings. The van der Waals surface area contributed by atoms with Gasteiger partial charge in [-0.2, -0.15) is 0 Å². The van der Waals surface area contributed by atoms with E-state index in [1.165, 1.54) is 93.6 Å². The van der Waals surface area contributed by atoms with Crippen LogP contribution in [-0.2, 0) is 33.2 Å². The largest absolute Gasteiger partial charge is 1.00 e. The maximum absolute atomic E-state index is 15.0. The highest BCUT2D eigenvalue weighted by Crippen LogP contribution is 2.72. The maximum Gasteiger partial charge on any atom is 0.311 e. The van der Waals surface area contributed by atoms with E-state index in [0.717, 1.165) is 30.6 Å². The SMILES string of the molecule is CC[C@H]1OC(=O)[C@H](C)[C@@H](O[C@H]2C[C@@](C)(OC)[C@@H](O)[C@H](C)O2)[C@H](C)[C@@H](O[C@@H]2O[C@H](C)C[C@H](N(C)C)[C@H]2O)[C@](C)(O)C[C@@H](C)CN(CCCCCC[P+](c2ccccc2-c2ccccc2N(C)C)(C2CCCCC2)C2CCCCC2)[C@H](C)[C@@H](O)[C@]1(C)CO.[I-]. The van der Waals surface area contributed by atoms with Gasteiger partial charge in [-0.15, -0.1) is 0 Å². The minimum absolute atomic E-state index is 0. The Hall–Kier alpha value is -1.61. The number of hydrogen-bond acceptors (Lipinski definition) is 15. The first-order valence-electron chi connectivity index (χ1n) is 33.7. The number of carbonyl (C=O) groups excluding carboxylic acids is 1. The zero-order valence-electron chi connectivity index (χ0n) is 56.3. The third-order valence-corrected chi connectivity index (χ3v) is 27.7. The molecule has 0 radical (unpaired) electrons. The number of halogens is 1. The normalized spacial score (nSPS) is 37.0. The van der Waals surface area contributed by atoms with Gasteiger partial charge in [-0.1, -0.05) is 83.4 Å². The number of benzene rings is 2. The van der Waals surface area contributed by atoms with E-state index in [1.807, 2.05) is 53.6 Å². The Morgan fingerprint density at radius 2 is 1.36 bits per heavy atom. The number of nitrogens with zero attached hydrogens (tertiary/aromatic N) is 3. The summed E-state index contributed by atoms with van der Waals surface area (Å²) in [6.45, 7) is 19.5. The number of aliphatic hydroxyl groups is 5. The van der Waals surface area contributed by atoms with E-state index in [2.05, 4.69) is 79.3 Å². The van der Waals surface area contributed by atoms with Crippen LogP contribution < -0.4 is 34.2 Å². The number of para-hydroxylation sites is 1. The molecule has 0 amide bonds. The third kappa shape index (κ3) is 17.2. The van der Waals surface area contributed by atoms with Gasteiger partial charge in [-0.25, -0.2) is 0 Å². The summed E-state index contributed by atoms with van der Waals surface area (Å²) in [7, 11) is 8.02. The molecule has 15 nitrogen and oxygen atoms in total. The van der Waals surface area contributed by atoms with Crippen LogP contribution in [0, 0.1) is 23.2 Å². The topological polar surface area (TPSA) is 183 Å². The van der Waals surface area contributed by atoms with Gasteiger partial charge in [0.1, 0.15) is 23.6 Å². The van der Waals surface area contributed by atoms with Crippen LogP contribution in [0.15, 0.2) is 48.5 Å². The van der Waals surface area contributed by atoms with E-state index in [9.17, 15) is 25.5 Å². The van der Waals surface area contributed by atoms with Crippen LogP contribution >= 0.6 is 7.26 Å². The van der Waals surface area contributed by atoms with Crippen LogP contribution in [0.4, 0.5) is 5.69 Å². The van der Waals surface area contributed by atoms with Gasteiger partial charge in [-0.3, -0.25) is 9.69 Å². The van der Waals surface area contributed by atoms with Gasteiger partial charge < -0.3 is 87.7 Å². The molecule has 2 aromatic rings. The van der Waals surface area contributed by atoms with Crippen LogP contribution in [0.2, 0.25) is 0 Å².